The Labute approximate surface area is 158 Å². The highest BCUT2D eigenvalue weighted by molar-refractivity contribution is 6.05. The van der Waals surface area contributed by atoms with Crippen LogP contribution in [0.15, 0.2) is 36.8 Å². The molecule has 0 radical (unpaired) electrons. The number of hydrogen-bond acceptors (Lipinski definition) is 5. The summed E-state index contributed by atoms with van der Waals surface area (Å²) in [6.45, 7) is 6.37. The maximum atomic E-state index is 12.6. The molecule has 3 rings (SSSR count). The van der Waals surface area contributed by atoms with Gasteiger partial charge in [0.15, 0.2) is 0 Å². The van der Waals surface area contributed by atoms with Gasteiger partial charge in [-0.1, -0.05) is 20.8 Å². The first-order chi connectivity index (χ1) is 12.9. The number of aromatic nitrogens is 2. The fourth-order valence-electron chi connectivity index (χ4n) is 2.32. The molecule has 27 heavy (non-hydrogen) atoms. The molecule has 2 amide bonds. The van der Waals surface area contributed by atoms with Gasteiger partial charge in [0.1, 0.15) is 17.3 Å². The summed E-state index contributed by atoms with van der Waals surface area (Å²) in [4.78, 5) is 32.6. The highest BCUT2D eigenvalue weighted by atomic mass is 16.5. The van der Waals surface area contributed by atoms with Crippen LogP contribution in [0.1, 0.15) is 44.0 Å². The van der Waals surface area contributed by atoms with Crippen molar-refractivity contribution in [1.82, 2.24) is 9.97 Å². The van der Waals surface area contributed by atoms with Gasteiger partial charge >= 0.3 is 0 Å². The monoisotopic (exact) mass is 368 g/mol. The van der Waals surface area contributed by atoms with Crippen molar-refractivity contribution in [1.29, 1.82) is 0 Å². The van der Waals surface area contributed by atoms with Crippen LogP contribution >= 0.6 is 0 Å². The van der Waals surface area contributed by atoms with Gasteiger partial charge in [0, 0.05) is 35.4 Å². The molecule has 0 atom stereocenters. The number of nitrogens with zero attached hydrogens (tertiary/aromatic N) is 2. The van der Waals surface area contributed by atoms with E-state index in [4.69, 9.17) is 4.74 Å². The van der Waals surface area contributed by atoms with Crippen molar-refractivity contribution in [3.05, 3.63) is 42.4 Å². The highest BCUT2D eigenvalue weighted by Gasteiger charge is 2.38. The number of anilines is 2. The van der Waals surface area contributed by atoms with E-state index in [1.807, 2.05) is 0 Å². The number of hydrogen-bond donors (Lipinski definition) is 2. The molecule has 1 saturated carbocycles. The average molecular weight is 368 g/mol. The molecule has 7 nitrogen and oxygen atoms in total. The van der Waals surface area contributed by atoms with Crippen LogP contribution in [0.25, 0.3) is 0 Å². The summed E-state index contributed by atoms with van der Waals surface area (Å²) < 4.78 is 5.88. The third kappa shape index (κ3) is 5.03. The quantitative estimate of drug-likeness (QED) is 0.780. The molecule has 1 aliphatic carbocycles. The molecular weight excluding hydrogens is 344 g/mol. The Morgan fingerprint density at radius 3 is 2.70 bits per heavy atom. The van der Waals surface area contributed by atoms with Crippen molar-refractivity contribution < 1.29 is 14.3 Å². The number of ether oxygens (including phenoxy) is 1. The first-order valence-electron chi connectivity index (χ1n) is 9.01. The summed E-state index contributed by atoms with van der Waals surface area (Å²) in [6.07, 6.45) is 6.99. The number of carbonyl (C=O) groups excluding carboxylic acids is 2. The molecule has 2 heterocycles. The van der Waals surface area contributed by atoms with Gasteiger partial charge in [-0.25, -0.2) is 4.98 Å². The van der Waals surface area contributed by atoms with Crippen LogP contribution in [-0.4, -0.2) is 28.4 Å². The summed E-state index contributed by atoms with van der Waals surface area (Å²) >= 11 is 0. The van der Waals surface area contributed by atoms with Crippen LogP contribution in [0.4, 0.5) is 11.5 Å². The smallest absolute Gasteiger partial charge is 0.255 e. The Bertz CT molecular complexity index is 847. The zero-order chi connectivity index (χ0) is 19.4. The molecule has 2 N–H and O–H groups in total. The Morgan fingerprint density at radius 2 is 2.00 bits per heavy atom. The lowest BCUT2D eigenvalue weighted by atomic mass is 10.2. The van der Waals surface area contributed by atoms with E-state index in [0.29, 0.717) is 29.4 Å². The molecule has 0 spiro atoms. The summed E-state index contributed by atoms with van der Waals surface area (Å²) in [5.41, 5.74) is 1.13. The first kappa shape index (κ1) is 18.8. The van der Waals surface area contributed by atoms with Gasteiger partial charge in [0.2, 0.25) is 5.91 Å². The van der Waals surface area contributed by atoms with Crippen LogP contribution in [-0.2, 0) is 4.79 Å². The topological polar surface area (TPSA) is 93.2 Å². The molecule has 7 heteroatoms. The highest BCUT2D eigenvalue weighted by Crippen LogP contribution is 2.45. The zero-order valence-corrected chi connectivity index (χ0v) is 15.8. The number of amides is 2. The molecular formula is C20H24N4O3. The Morgan fingerprint density at radius 1 is 1.22 bits per heavy atom. The molecule has 2 aromatic heterocycles. The molecule has 0 aromatic carbocycles. The molecule has 1 aliphatic rings. The molecule has 0 saturated heterocycles. The second-order valence-electron chi connectivity index (χ2n) is 7.50. The third-order valence-electron chi connectivity index (χ3n) is 4.51. The van der Waals surface area contributed by atoms with Gasteiger partial charge in [-0.2, -0.15) is 0 Å². The number of carbonyl (C=O) groups is 2. The zero-order valence-electron chi connectivity index (χ0n) is 15.8. The SMILES string of the molecule is CC(C)C(=O)Nc1cc(C(=O)Nc2cnccc2OCC2(C)CC2)ccn1. The third-order valence-corrected chi connectivity index (χ3v) is 4.51. The van der Waals surface area contributed by atoms with Gasteiger partial charge in [-0.15, -0.1) is 0 Å². The normalized spacial score (nSPS) is 14.5. The van der Waals surface area contributed by atoms with E-state index in [2.05, 4.69) is 27.5 Å². The number of pyridine rings is 2. The summed E-state index contributed by atoms with van der Waals surface area (Å²) in [5.74, 6) is 0.275. The predicted molar refractivity (Wildman–Crippen MR) is 103 cm³/mol. The lowest BCUT2D eigenvalue weighted by Gasteiger charge is -2.15. The average Bonchev–Trinajstić information content (AvgIpc) is 3.39. The second-order valence-corrected chi connectivity index (χ2v) is 7.50. The van der Waals surface area contributed by atoms with Crippen molar-refractivity contribution in [3.63, 3.8) is 0 Å². The fourth-order valence-corrected chi connectivity index (χ4v) is 2.32. The van der Waals surface area contributed by atoms with E-state index in [1.165, 1.54) is 12.3 Å². The minimum atomic E-state index is -0.326. The Hall–Kier alpha value is -2.96. The van der Waals surface area contributed by atoms with Gasteiger partial charge < -0.3 is 15.4 Å². The van der Waals surface area contributed by atoms with Crippen LogP contribution in [0.3, 0.4) is 0 Å². The van der Waals surface area contributed by atoms with Crippen molar-refractivity contribution in [2.75, 3.05) is 17.2 Å². The van der Waals surface area contributed by atoms with E-state index in [0.717, 1.165) is 12.8 Å². The lowest BCUT2D eigenvalue weighted by molar-refractivity contribution is -0.118. The van der Waals surface area contributed by atoms with E-state index < -0.39 is 0 Å². The predicted octanol–water partition coefficient (Wildman–Crippen LogP) is 3.50. The van der Waals surface area contributed by atoms with Crippen LogP contribution in [0.5, 0.6) is 5.75 Å². The van der Waals surface area contributed by atoms with Gasteiger partial charge in [-0.3, -0.25) is 14.6 Å². The van der Waals surface area contributed by atoms with E-state index >= 15 is 0 Å². The standard InChI is InChI=1S/C20H24N4O3/c1-13(2)18(25)24-17-10-14(4-9-22-17)19(26)23-15-11-21-8-5-16(15)27-12-20(3)6-7-20/h4-5,8-11,13H,6-7,12H2,1-3H3,(H,23,26)(H,22,24,25). The molecule has 142 valence electrons. The fraction of sp³-hybridized carbons (Fsp3) is 0.400. The van der Waals surface area contributed by atoms with Crippen molar-refractivity contribution in [2.45, 2.75) is 33.6 Å². The van der Waals surface area contributed by atoms with Crippen LogP contribution in [0, 0.1) is 11.3 Å². The molecule has 0 bridgehead atoms. The number of nitrogens with one attached hydrogen (secondary N) is 2. The Kier molecular flexibility index (Phi) is 5.39. The lowest BCUT2D eigenvalue weighted by Crippen LogP contribution is -2.19. The van der Waals surface area contributed by atoms with Crippen molar-refractivity contribution in [3.8, 4) is 5.75 Å². The van der Waals surface area contributed by atoms with Gasteiger partial charge in [-0.05, 0) is 25.0 Å². The van der Waals surface area contributed by atoms with E-state index in [9.17, 15) is 9.59 Å². The van der Waals surface area contributed by atoms with Crippen LogP contribution < -0.4 is 15.4 Å². The Balaban J connectivity index is 1.69. The molecule has 0 aliphatic heterocycles. The summed E-state index contributed by atoms with van der Waals surface area (Å²) in [6, 6.07) is 4.86. The molecule has 2 aromatic rings. The van der Waals surface area contributed by atoms with E-state index in [1.54, 1.807) is 38.4 Å². The van der Waals surface area contributed by atoms with Crippen LogP contribution in [0.2, 0.25) is 0 Å². The van der Waals surface area contributed by atoms with Gasteiger partial charge in [0.05, 0.1) is 12.8 Å². The van der Waals surface area contributed by atoms with Gasteiger partial charge in [0.25, 0.3) is 5.91 Å². The van der Waals surface area contributed by atoms with E-state index in [-0.39, 0.29) is 23.1 Å². The minimum absolute atomic E-state index is 0.156. The number of rotatable bonds is 7. The van der Waals surface area contributed by atoms with Crippen molar-refractivity contribution >= 4 is 23.3 Å². The largest absolute Gasteiger partial charge is 0.491 e. The summed E-state index contributed by atoms with van der Waals surface area (Å²) in [5, 5.41) is 5.51. The minimum Gasteiger partial charge on any atom is -0.491 e. The molecule has 1 fully saturated rings. The second kappa shape index (κ2) is 7.73. The summed E-state index contributed by atoms with van der Waals surface area (Å²) in [7, 11) is 0. The maximum Gasteiger partial charge on any atom is 0.255 e. The molecule has 0 unspecified atom stereocenters. The first-order valence-corrected chi connectivity index (χ1v) is 9.01. The maximum absolute atomic E-state index is 12.6. The van der Waals surface area contributed by atoms with Crippen molar-refractivity contribution in [2.24, 2.45) is 11.3 Å².